The number of benzene rings is 1. The number of rotatable bonds is 1. The molecule has 1 N–H and O–H groups in total. The highest BCUT2D eigenvalue weighted by molar-refractivity contribution is 5.70. The number of hydrogen-bond donors (Lipinski definition) is 1. The normalized spacial score (nSPS) is 42.2. The summed E-state index contributed by atoms with van der Waals surface area (Å²) in [5.74, 6) is 2.73. The van der Waals surface area contributed by atoms with Gasteiger partial charge in [-0.15, -0.1) is 0 Å². The largest absolute Gasteiger partial charge is 0.414 e. The zero-order valence-electron chi connectivity index (χ0n) is 16.0. The molecule has 0 unspecified atom stereocenters. The lowest BCUT2D eigenvalue weighted by Crippen LogP contribution is -2.47. The predicted molar refractivity (Wildman–Crippen MR) is 99.2 cm³/mol. The minimum Gasteiger partial charge on any atom is -0.410 e. The fourth-order valence-corrected chi connectivity index (χ4v) is 7.03. The molecule has 0 saturated heterocycles. The molecule has 6 atom stereocenters. The highest BCUT2D eigenvalue weighted by Gasteiger charge is 2.76. The SMILES string of the molecule is CN(C)C(=O)Oc1ccc2c(c1)CC[C@@H]1[C@@H]2CC[C@]2(C)[C@@H](O)C[C@@H]3C[C@]312. The van der Waals surface area contributed by atoms with Crippen LogP contribution in [0.1, 0.15) is 56.1 Å². The van der Waals surface area contributed by atoms with E-state index in [0.29, 0.717) is 23.0 Å². The summed E-state index contributed by atoms with van der Waals surface area (Å²) >= 11 is 0. The molecule has 1 aromatic carbocycles. The number of carbonyl (C=O) groups is 1. The van der Waals surface area contributed by atoms with Gasteiger partial charge in [-0.2, -0.15) is 0 Å². The third-order valence-corrected chi connectivity index (χ3v) is 8.39. The van der Waals surface area contributed by atoms with E-state index in [0.717, 1.165) is 25.2 Å². The second-order valence-corrected chi connectivity index (χ2v) is 9.52. The number of aliphatic hydroxyl groups excluding tert-OH is 1. The molecule has 0 heterocycles. The van der Waals surface area contributed by atoms with Crippen LogP contribution in [0.5, 0.6) is 5.75 Å². The summed E-state index contributed by atoms with van der Waals surface area (Å²) < 4.78 is 5.46. The monoisotopic (exact) mass is 355 g/mol. The Labute approximate surface area is 155 Å². The minimum atomic E-state index is -0.327. The third kappa shape index (κ3) is 1.97. The van der Waals surface area contributed by atoms with Gasteiger partial charge in [0.25, 0.3) is 0 Å². The van der Waals surface area contributed by atoms with Gasteiger partial charge in [-0.25, -0.2) is 4.79 Å². The van der Waals surface area contributed by atoms with Gasteiger partial charge in [0.05, 0.1) is 6.10 Å². The Morgan fingerprint density at radius 3 is 2.88 bits per heavy atom. The predicted octanol–water partition coefficient (Wildman–Crippen LogP) is 3.96. The van der Waals surface area contributed by atoms with Crippen LogP contribution in [-0.2, 0) is 6.42 Å². The maximum atomic E-state index is 11.8. The quantitative estimate of drug-likeness (QED) is 0.829. The molecule has 4 nitrogen and oxygen atoms in total. The fraction of sp³-hybridized carbons (Fsp3) is 0.682. The van der Waals surface area contributed by atoms with Gasteiger partial charge in [0.1, 0.15) is 5.75 Å². The molecule has 3 fully saturated rings. The number of hydrogen-bond acceptors (Lipinski definition) is 3. The van der Waals surface area contributed by atoms with Crippen molar-refractivity contribution >= 4 is 6.09 Å². The van der Waals surface area contributed by atoms with Crippen LogP contribution in [0.15, 0.2) is 18.2 Å². The van der Waals surface area contributed by atoms with Crippen molar-refractivity contribution in [3.8, 4) is 5.75 Å². The number of ether oxygens (including phenoxy) is 1. The Kier molecular flexibility index (Phi) is 3.35. The van der Waals surface area contributed by atoms with Crippen molar-refractivity contribution in [2.24, 2.45) is 22.7 Å². The summed E-state index contributed by atoms with van der Waals surface area (Å²) in [5, 5.41) is 10.7. The van der Waals surface area contributed by atoms with E-state index in [-0.39, 0.29) is 17.6 Å². The van der Waals surface area contributed by atoms with Crippen molar-refractivity contribution in [3.63, 3.8) is 0 Å². The van der Waals surface area contributed by atoms with Gasteiger partial charge in [0.15, 0.2) is 0 Å². The number of aliphatic hydroxyl groups is 1. The molecule has 1 amide bonds. The highest BCUT2D eigenvalue weighted by Crippen LogP contribution is 2.81. The Morgan fingerprint density at radius 1 is 1.31 bits per heavy atom. The van der Waals surface area contributed by atoms with E-state index in [1.807, 2.05) is 6.07 Å². The van der Waals surface area contributed by atoms with E-state index < -0.39 is 0 Å². The van der Waals surface area contributed by atoms with Crippen molar-refractivity contribution in [2.75, 3.05) is 14.1 Å². The number of aryl methyl sites for hydroxylation is 1. The second-order valence-electron chi connectivity index (χ2n) is 9.52. The lowest BCUT2D eigenvalue weighted by molar-refractivity contribution is -0.0558. The molecule has 26 heavy (non-hydrogen) atoms. The lowest BCUT2D eigenvalue weighted by atomic mass is 9.52. The van der Waals surface area contributed by atoms with Gasteiger partial charge in [-0.1, -0.05) is 13.0 Å². The van der Waals surface area contributed by atoms with Crippen molar-refractivity contribution in [3.05, 3.63) is 29.3 Å². The van der Waals surface area contributed by atoms with E-state index in [1.54, 1.807) is 14.1 Å². The first-order valence-corrected chi connectivity index (χ1v) is 10.1. The van der Waals surface area contributed by atoms with Crippen molar-refractivity contribution in [1.29, 1.82) is 0 Å². The number of carbonyl (C=O) groups excluding carboxylic acids is 1. The van der Waals surface area contributed by atoms with E-state index in [9.17, 15) is 9.90 Å². The summed E-state index contributed by atoms with van der Waals surface area (Å²) in [6, 6.07) is 6.24. The molecular formula is C22H29NO3. The van der Waals surface area contributed by atoms with Crippen LogP contribution in [-0.4, -0.2) is 36.3 Å². The summed E-state index contributed by atoms with van der Waals surface area (Å²) in [4.78, 5) is 13.3. The molecule has 140 valence electrons. The summed E-state index contributed by atoms with van der Waals surface area (Å²) in [5.41, 5.74) is 3.35. The average molecular weight is 355 g/mol. The molecule has 1 spiro atoms. The molecule has 0 aliphatic heterocycles. The topological polar surface area (TPSA) is 49.8 Å². The van der Waals surface area contributed by atoms with Crippen LogP contribution in [0.2, 0.25) is 0 Å². The maximum absolute atomic E-state index is 11.8. The zero-order valence-corrected chi connectivity index (χ0v) is 16.0. The van der Waals surface area contributed by atoms with Crippen LogP contribution in [0, 0.1) is 22.7 Å². The molecule has 0 radical (unpaired) electrons. The first-order valence-electron chi connectivity index (χ1n) is 10.1. The van der Waals surface area contributed by atoms with E-state index >= 15 is 0 Å². The van der Waals surface area contributed by atoms with Crippen LogP contribution in [0.3, 0.4) is 0 Å². The Balaban J connectivity index is 1.44. The average Bonchev–Trinajstić information content (AvgIpc) is 3.27. The smallest absolute Gasteiger partial charge is 0.410 e. The van der Waals surface area contributed by atoms with E-state index in [1.165, 1.54) is 35.3 Å². The molecule has 1 aromatic rings. The van der Waals surface area contributed by atoms with Crippen molar-refractivity contribution < 1.29 is 14.6 Å². The molecule has 4 aliphatic carbocycles. The van der Waals surface area contributed by atoms with Crippen LogP contribution in [0.4, 0.5) is 4.79 Å². The van der Waals surface area contributed by atoms with Gasteiger partial charge >= 0.3 is 6.09 Å². The molecule has 0 bridgehead atoms. The Bertz CT molecular complexity index is 775. The molecule has 5 rings (SSSR count). The van der Waals surface area contributed by atoms with Crippen LogP contribution in [0.25, 0.3) is 0 Å². The van der Waals surface area contributed by atoms with Crippen LogP contribution < -0.4 is 4.74 Å². The van der Waals surface area contributed by atoms with Crippen LogP contribution >= 0.6 is 0 Å². The number of nitrogens with zero attached hydrogens (tertiary/aromatic N) is 1. The Morgan fingerprint density at radius 2 is 2.12 bits per heavy atom. The number of fused-ring (bicyclic) bond motifs is 3. The fourth-order valence-electron chi connectivity index (χ4n) is 7.03. The zero-order chi connectivity index (χ0) is 18.3. The molecular weight excluding hydrogens is 326 g/mol. The maximum Gasteiger partial charge on any atom is 0.414 e. The first kappa shape index (κ1) is 16.6. The molecule has 4 aliphatic rings. The molecule has 4 heteroatoms. The van der Waals surface area contributed by atoms with Gasteiger partial charge in [-0.05, 0) is 90.4 Å². The minimum absolute atomic E-state index is 0.101. The summed E-state index contributed by atoms with van der Waals surface area (Å²) in [7, 11) is 3.40. The van der Waals surface area contributed by atoms with Crippen molar-refractivity contribution in [1.82, 2.24) is 4.90 Å². The van der Waals surface area contributed by atoms with Gasteiger partial charge in [0.2, 0.25) is 0 Å². The van der Waals surface area contributed by atoms with Gasteiger partial charge in [0, 0.05) is 14.1 Å². The summed E-state index contributed by atoms with van der Waals surface area (Å²) in [6.07, 6.45) is 6.51. The van der Waals surface area contributed by atoms with Gasteiger partial charge < -0.3 is 14.7 Å². The highest BCUT2D eigenvalue weighted by atomic mass is 16.6. The van der Waals surface area contributed by atoms with E-state index in [2.05, 4.69) is 19.1 Å². The van der Waals surface area contributed by atoms with Crippen molar-refractivity contribution in [2.45, 2.75) is 57.5 Å². The first-order chi connectivity index (χ1) is 12.4. The number of amides is 1. The second kappa shape index (κ2) is 5.25. The molecule has 3 saturated carbocycles. The van der Waals surface area contributed by atoms with E-state index in [4.69, 9.17) is 4.74 Å². The Hall–Kier alpha value is -1.55. The van der Waals surface area contributed by atoms with Gasteiger partial charge in [-0.3, -0.25) is 0 Å². The lowest BCUT2D eigenvalue weighted by Gasteiger charge is -2.52. The third-order valence-electron chi connectivity index (χ3n) is 8.39. The molecule has 0 aromatic heterocycles. The summed E-state index contributed by atoms with van der Waals surface area (Å²) in [6.45, 7) is 2.36. The standard InChI is InChI=1S/C22H29NO3/c1-21-9-8-17-16-6-5-15(26-20(25)23(2)3)10-13(16)4-7-18(17)22(21)12-14(22)11-19(21)24/h5-6,10,14,17-19,24H,4,7-9,11-12H2,1-3H3/t14-,17-,18-,19+,21-,22+/m1/s1.